The first-order chi connectivity index (χ1) is 6.60. The zero-order chi connectivity index (χ0) is 10.7. The van der Waals surface area contributed by atoms with Crippen molar-refractivity contribution >= 4 is 41.2 Å². The molecule has 5 heteroatoms. The molecule has 3 nitrogen and oxygen atoms in total. The van der Waals surface area contributed by atoms with Crippen molar-refractivity contribution in [3.63, 3.8) is 0 Å². The van der Waals surface area contributed by atoms with E-state index in [1.165, 1.54) is 7.11 Å². The largest absolute Gasteiger partial charge is 0.465 e. The highest BCUT2D eigenvalue weighted by atomic mass is 127. The van der Waals surface area contributed by atoms with E-state index in [4.69, 9.17) is 5.26 Å². The highest BCUT2D eigenvalue weighted by Gasteiger charge is 2.13. The normalized spacial score (nSPS) is 9.29. The first-order valence-electron chi connectivity index (χ1n) is 3.61. The lowest BCUT2D eigenvalue weighted by atomic mass is 10.1. The minimum atomic E-state index is -0.481. The lowest BCUT2D eigenvalue weighted by Gasteiger charge is -2.05. The summed E-state index contributed by atoms with van der Waals surface area (Å²) >= 11 is 6.13. The Balaban J connectivity index is 3.38. The predicted molar refractivity (Wildman–Crippen MR) is 62.5 cm³/mol. The van der Waals surface area contributed by atoms with Crippen LogP contribution in [0.1, 0.15) is 15.9 Å². The van der Waals surface area contributed by atoms with Crippen LogP contribution >= 0.6 is 35.2 Å². The first kappa shape index (κ1) is 11.3. The fourth-order valence-electron chi connectivity index (χ4n) is 0.950. The molecule has 0 heterocycles. The maximum atomic E-state index is 11.3. The van der Waals surface area contributed by atoms with E-state index in [-0.39, 0.29) is 0 Å². The van der Waals surface area contributed by atoms with Gasteiger partial charge in [0.25, 0.3) is 0 Å². The molecule has 0 fully saturated rings. The Hall–Kier alpha value is -0.740. The topological polar surface area (TPSA) is 50.1 Å². The van der Waals surface area contributed by atoms with Crippen LogP contribution in [0.25, 0.3) is 0 Å². The summed E-state index contributed by atoms with van der Waals surface area (Å²) < 4.78 is 5.37. The van der Waals surface area contributed by atoms with E-state index in [2.05, 4.69) is 17.4 Å². The number of thiol groups is 1. The molecular weight excluding hydrogens is 313 g/mol. The van der Waals surface area contributed by atoms with Gasteiger partial charge in [-0.05, 0) is 34.7 Å². The minimum Gasteiger partial charge on any atom is -0.465 e. The average Bonchev–Trinajstić information content (AvgIpc) is 2.19. The molecule has 0 amide bonds. The van der Waals surface area contributed by atoms with Crippen LogP contribution in [-0.4, -0.2) is 13.1 Å². The molecule has 0 bridgehead atoms. The van der Waals surface area contributed by atoms with Gasteiger partial charge in [0.1, 0.15) is 6.07 Å². The number of nitriles is 1. The third-order valence-electron chi connectivity index (χ3n) is 1.60. The van der Waals surface area contributed by atoms with E-state index in [1.54, 1.807) is 12.1 Å². The molecule has 0 unspecified atom stereocenters. The Morgan fingerprint density at radius 1 is 1.64 bits per heavy atom. The summed E-state index contributed by atoms with van der Waals surface area (Å²) in [6.45, 7) is 0. The number of hydrogen-bond acceptors (Lipinski definition) is 4. The van der Waals surface area contributed by atoms with Crippen LogP contribution in [-0.2, 0) is 4.74 Å². The van der Waals surface area contributed by atoms with Gasteiger partial charge in [-0.25, -0.2) is 4.79 Å². The van der Waals surface area contributed by atoms with Gasteiger partial charge in [-0.1, -0.05) is 0 Å². The lowest BCUT2D eigenvalue weighted by Crippen LogP contribution is -2.04. The van der Waals surface area contributed by atoms with Crippen LogP contribution in [0, 0.1) is 14.9 Å². The SMILES string of the molecule is COC(=O)c1cc(I)cc(C#N)c1S. The number of carbonyl (C=O) groups excluding carboxylic acids is 1. The molecule has 0 aromatic heterocycles. The third-order valence-corrected chi connectivity index (χ3v) is 2.71. The summed E-state index contributed by atoms with van der Waals surface area (Å²) in [5.74, 6) is -0.481. The van der Waals surface area contributed by atoms with Crippen molar-refractivity contribution in [3.8, 4) is 6.07 Å². The molecule has 1 rings (SSSR count). The molecule has 0 spiro atoms. The molecule has 0 saturated heterocycles. The molecular formula is C9H6INO2S. The van der Waals surface area contributed by atoms with Gasteiger partial charge in [-0.2, -0.15) is 5.26 Å². The van der Waals surface area contributed by atoms with E-state index < -0.39 is 5.97 Å². The van der Waals surface area contributed by atoms with Crippen LogP contribution in [0.2, 0.25) is 0 Å². The fraction of sp³-hybridized carbons (Fsp3) is 0.111. The second-order valence-electron chi connectivity index (χ2n) is 2.45. The molecule has 1 aromatic rings. The molecule has 0 saturated carbocycles. The smallest absolute Gasteiger partial charge is 0.339 e. The van der Waals surface area contributed by atoms with Crippen LogP contribution in [0.3, 0.4) is 0 Å². The molecule has 0 aliphatic carbocycles. The first-order valence-corrected chi connectivity index (χ1v) is 5.13. The third kappa shape index (κ3) is 2.19. The minimum absolute atomic E-state index is 0.319. The van der Waals surface area contributed by atoms with Gasteiger partial charge in [0.15, 0.2) is 0 Å². The van der Waals surface area contributed by atoms with Gasteiger partial charge in [-0.3, -0.25) is 0 Å². The van der Waals surface area contributed by atoms with E-state index in [0.717, 1.165) is 3.57 Å². The Morgan fingerprint density at radius 3 is 2.79 bits per heavy atom. The molecule has 0 aliphatic rings. The molecule has 0 radical (unpaired) electrons. The highest BCUT2D eigenvalue weighted by Crippen LogP contribution is 2.22. The molecule has 0 N–H and O–H groups in total. The van der Waals surface area contributed by atoms with Gasteiger partial charge < -0.3 is 4.74 Å². The van der Waals surface area contributed by atoms with Gasteiger partial charge in [0, 0.05) is 8.47 Å². The summed E-state index contributed by atoms with van der Waals surface area (Å²) in [4.78, 5) is 11.6. The van der Waals surface area contributed by atoms with Crippen LogP contribution in [0.4, 0.5) is 0 Å². The van der Waals surface area contributed by atoms with E-state index in [1.807, 2.05) is 28.7 Å². The Kier molecular flexibility index (Phi) is 3.77. The Labute approximate surface area is 101 Å². The summed E-state index contributed by atoms with van der Waals surface area (Å²) in [7, 11) is 1.29. The lowest BCUT2D eigenvalue weighted by molar-refractivity contribution is 0.0596. The highest BCUT2D eigenvalue weighted by molar-refractivity contribution is 14.1. The molecule has 1 aromatic carbocycles. The van der Waals surface area contributed by atoms with Crippen LogP contribution < -0.4 is 0 Å². The maximum Gasteiger partial charge on any atom is 0.339 e. The quantitative estimate of drug-likeness (QED) is 0.491. The Bertz CT molecular complexity index is 426. The molecule has 72 valence electrons. The van der Waals surface area contributed by atoms with Crippen molar-refractivity contribution in [1.29, 1.82) is 5.26 Å². The second kappa shape index (κ2) is 4.66. The van der Waals surface area contributed by atoms with E-state index in [9.17, 15) is 4.79 Å². The van der Waals surface area contributed by atoms with Crippen molar-refractivity contribution < 1.29 is 9.53 Å². The van der Waals surface area contributed by atoms with Crippen molar-refractivity contribution in [2.45, 2.75) is 4.90 Å². The van der Waals surface area contributed by atoms with Gasteiger partial charge in [0.2, 0.25) is 0 Å². The van der Waals surface area contributed by atoms with Crippen molar-refractivity contribution in [2.75, 3.05) is 7.11 Å². The van der Waals surface area contributed by atoms with Crippen LogP contribution in [0.5, 0.6) is 0 Å². The fourth-order valence-corrected chi connectivity index (χ4v) is 1.84. The van der Waals surface area contributed by atoms with Crippen molar-refractivity contribution in [1.82, 2.24) is 0 Å². The van der Waals surface area contributed by atoms with Gasteiger partial charge in [0.05, 0.1) is 18.2 Å². The summed E-state index contributed by atoms with van der Waals surface area (Å²) in [6.07, 6.45) is 0. The number of halogens is 1. The number of nitrogens with zero attached hydrogens (tertiary/aromatic N) is 1. The predicted octanol–water partition coefficient (Wildman–Crippen LogP) is 2.24. The number of methoxy groups -OCH3 is 1. The number of hydrogen-bond donors (Lipinski definition) is 1. The number of ether oxygens (including phenoxy) is 1. The maximum absolute atomic E-state index is 11.3. The number of benzene rings is 1. The van der Waals surface area contributed by atoms with E-state index in [0.29, 0.717) is 16.0 Å². The second-order valence-corrected chi connectivity index (χ2v) is 4.15. The summed E-state index contributed by atoms with van der Waals surface area (Å²) in [5, 5.41) is 8.77. The van der Waals surface area contributed by atoms with Crippen LogP contribution in [0.15, 0.2) is 17.0 Å². The van der Waals surface area contributed by atoms with Gasteiger partial charge >= 0.3 is 5.97 Å². The number of carbonyl (C=O) groups is 1. The summed E-state index contributed by atoms with van der Waals surface area (Å²) in [6, 6.07) is 5.26. The van der Waals surface area contributed by atoms with Crippen molar-refractivity contribution in [2.24, 2.45) is 0 Å². The summed E-state index contributed by atoms with van der Waals surface area (Å²) in [5.41, 5.74) is 0.694. The number of esters is 1. The molecule has 0 atom stereocenters. The standard InChI is InChI=1S/C9H6INO2S/c1-13-9(12)7-3-6(10)2-5(4-11)8(7)14/h2-3,14H,1H3. The van der Waals surface area contributed by atoms with Gasteiger partial charge in [-0.15, -0.1) is 12.6 Å². The Morgan fingerprint density at radius 2 is 2.29 bits per heavy atom. The zero-order valence-electron chi connectivity index (χ0n) is 7.24. The zero-order valence-corrected chi connectivity index (χ0v) is 10.3. The molecule has 0 aliphatic heterocycles. The number of rotatable bonds is 1. The molecule has 14 heavy (non-hydrogen) atoms. The monoisotopic (exact) mass is 319 g/mol. The van der Waals surface area contributed by atoms with E-state index >= 15 is 0 Å². The average molecular weight is 319 g/mol. The van der Waals surface area contributed by atoms with Crippen molar-refractivity contribution in [3.05, 3.63) is 26.8 Å².